The molecular weight excluding hydrogens is 490 g/mol. The maximum Gasteiger partial charge on any atom is 0.300 e. The Balaban J connectivity index is 1.91. The van der Waals surface area contributed by atoms with Gasteiger partial charge in [0.15, 0.2) is 0 Å². The SMILES string of the molecule is CCOc1ccc(/C(O)=C2/C(=O)C(=O)N(c3ccc(N(C)C)cc3)C2c2ccc(N(C)C)cc2)cc1C(C)C. The van der Waals surface area contributed by atoms with Crippen LogP contribution in [0, 0.1) is 0 Å². The largest absolute Gasteiger partial charge is 0.507 e. The lowest BCUT2D eigenvalue weighted by Gasteiger charge is -2.26. The smallest absolute Gasteiger partial charge is 0.300 e. The molecule has 1 heterocycles. The van der Waals surface area contributed by atoms with Crippen LogP contribution in [-0.2, 0) is 9.59 Å². The molecule has 3 aromatic rings. The van der Waals surface area contributed by atoms with Crippen molar-refractivity contribution in [1.82, 2.24) is 0 Å². The second-order valence-corrected chi connectivity index (χ2v) is 10.4. The summed E-state index contributed by atoms with van der Waals surface area (Å²) in [6, 6.07) is 19.8. The molecule has 0 spiro atoms. The van der Waals surface area contributed by atoms with Crippen molar-refractivity contribution >= 4 is 34.5 Å². The zero-order valence-corrected chi connectivity index (χ0v) is 23.7. The Bertz CT molecular complexity index is 1390. The maximum atomic E-state index is 13.6. The van der Waals surface area contributed by atoms with Crippen molar-refractivity contribution in [3.05, 3.63) is 89.0 Å². The van der Waals surface area contributed by atoms with Crippen LogP contribution in [0.15, 0.2) is 72.3 Å². The zero-order valence-electron chi connectivity index (χ0n) is 23.7. The van der Waals surface area contributed by atoms with E-state index < -0.39 is 17.7 Å². The van der Waals surface area contributed by atoms with Crippen LogP contribution in [0.25, 0.3) is 5.76 Å². The molecule has 0 aromatic heterocycles. The molecule has 7 nitrogen and oxygen atoms in total. The molecule has 1 amide bonds. The molecule has 4 rings (SSSR count). The van der Waals surface area contributed by atoms with Gasteiger partial charge in [-0.2, -0.15) is 0 Å². The van der Waals surface area contributed by atoms with Crippen LogP contribution in [0.3, 0.4) is 0 Å². The first kappa shape index (κ1) is 27.8. The van der Waals surface area contributed by atoms with Gasteiger partial charge in [-0.15, -0.1) is 0 Å². The van der Waals surface area contributed by atoms with Crippen LogP contribution < -0.4 is 19.4 Å². The van der Waals surface area contributed by atoms with E-state index in [-0.39, 0.29) is 17.3 Å². The molecule has 0 bridgehead atoms. The number of Topliss-reactive ketones (excluding diaryl/α,β-unsaturated/α-hetero) is 1. The van der Waals surface area contributed by atoms with Gasteiger partial charge in [0, 0.05) is 50.8 Å². The van der Waals surface area contributed by atoms with Gasteiger partial charge in [-0.3, -0.25) is 14.5 Å². The minimum Gasteiger partial charge on any atom is -0.507 e. The quantitative estimate of drug-likeness (QED) is 0.221. The van der Waals surface area contributed by atoms with Crippen molar-refractivity contribution in [3.8, 4) is 5.75 Å². The monoisotopic (exact) mass is 527 g/mol. The molecule has 0 aliphatic carbocycles. The number of aliphatic hydroxyl groups excluding tert-OH is 1. The van der Waals surface area contributed by atoms with Crippen LogP contribution in [0.1, 0.15) is 49.4 Å². The van der Waals surface area contributed by atoms with E-state index in [1.807, 2.05) is 119 Å². The van der Waals surface area contributed by atoms with E-state index in [1.54, 1.807) is 6.07 Å². The fourth-order valence-electron chi connectivity index (χ4n) is 4.87. The Morgan fingerprint density at radius 2 is 1.46 bits per heavy atom. The van der Waals surface area contributed by atoms with E-state index in [4.69, 9.17) is 4.74 Å². The highest BCUT2D eigenvalue weighted by Gasteiger charge is 2.47. The average molecular weight is 528 g/mol. The molecule has 0 saturated carbocycles. The third-order valence-corrected chi connectivity index (χ3v) is 7.02. The Kier molecular flexibility index (Phi) is 8.00. The van der Waals surface area contributed by atoms with Crippen LogP contribution in [0.2, 0.25) is 0 Å². The van der Waals surface area contributed by atoms with Gasteiger partial charge in [0.25, 0.3) is 11.7 Å². The van der Waals surface area contributed by atoms with Crippen molar-refractivity contribution in [1.29, 1.82) is 0 Å². The molecule has 39 heavy (non-hydrogen) atoms. The first-order valence-corrected chi connectivity index (χ1v) is 13.2. The van der Waals surface area contributed by atoms with Crippen LogP contribution in [0.5, 0.6) is 5.75 Å². The van der Waals surface area contributed by atoms with Gasteiger partial charge in [-0.25, -0.2) is 0 Å². The number of aliphatic hydroxyl groups is 1. The second-order valence-electron chi connectivity index (χ2n) is 10.4. The molecule has 7 heteroatoms. The number of hydrogen-bond donors (Lipinski definition) is 1. The Hall–Kier alpha value is -4.26. The van der Waals surface area contributed by atoms with Gasteiger partial charge in [0.05, 0.1) is 18.2 Å². The van der Waals surface area contributed by atoms with Gasteiger partial charge >= 0.3 is 0 Å². The van der Waals surface area contributed by atoms with E-state index in [1.165, 1.54) is 4.90 Å². The number of ether oxygens (including phenoxy) is 1. The number of carbonyl (C=O) groups is 2. The van der Waals surface area contributed by atoms with Gasteiger partial charge in [-0.1, -0.05) is 26.0 Å². The molecule has 1 unspecified atom stereocenters. The van der Waals surface area contributed by atoms with Gasteiger partial charge in [0.1, 0.15) is 11.5 Å². The van der Waals surface area contributed by atoms with Gasteiger partial charge in [-0.05, 0) is 78.6 Å². The summed E-state index contributed by atoms with van der Waals surface area (Å²) < 4.78 is 5.78. The summed E-state index contributed by atoms with van der Waals surface area (Å²) in [4.78, 5) is 32.5. The van der Waals surface area contributed by atoms with Gasteiger partial charge in [0.2, 0.25) is 0 Å². The van der Waals surface area contributed by atoms with Crippen molar-refractivity contribution in [3.63, 3.8) is 0 Å². The van der Waals surface area contributed by atoms with E-state index in [0.717, 1.165) is 28.3 Å². The average Bonchev–Trinajstić information content (AvgIpc) is 3.18. The predicted molar refractivity (Wildman–Crippen MR) is 158 cm³/mol. The third kappa shape index (κ3) is 5.35. The third-order valence-electron chi connectivity index (χ3n) is 7.02. The maximum absolute atomic E-state index is 13.6. The number of carbonyl (C=O) groups excluding carboxylic acids is 2. The highest BCUT2D eigenvalue weighted by atomic mass is 16.5. The summed E-state index contributed by atoms with van der Waals surface area (Å²) in [6.45, 7) is 6.53. The number of amides is 1. The topological polar surface area (TPSA) is 73.3 Å². The minimum atomic E-state index is -0.791. The zero-order chi connectivity index (χ0) is 28.4. The fourth-order valence-corrected chi connectivity index (χ4v) is 4.87. The predicted octanol–water partition coefficient (Wildman–Crippen LogP) is 5.97. The van der Waals surface area contributed by atoms with E-state index in [0.29, 0.717) is 17.9 Å². The number of ketones is 1. The number of benzene rings is 3. The lowest BCUT2D eigenvalue weighted by molar-refractivity contribution is -0.132. The summed E-state index contributed by atoms with van der Waals surface area (Å²) in [6.07, 6.45) is 0. The number of hydrogen-bond acceptors (Lipinski definition) is 6. The number of anilines is 3. The first-order valence-electron chi connectivity index (χ1n) is 13.2. The molecule has 1 saturated heterocycles. The molecule has 1 fully saturated rings. The van der Waals surface area contributed by atoms with Crippen LogP contribution >= 0.6 is 0 Å². The highest BCUT2D eigenvalue weighted by Crippen LogP contribution is 2.43. The molecule has 204 valence electrons. The normalized spacial score (nSPS) is 16.6. The lowest BCUT2D eigenvalue weighted by atomic mass is 9.93. The summed E-state index contributed by atoms with van der Waals surface area (Å²) >= 11 is 0. The number of nitrogens with zero attached hydrogens (tertiary/aromatic N) is 3. The Morgan fingerprint density at radius 3 is 1.97 bits per heavy atom. The molecule has 1 N–H and O–H groups in total. The van der Waals surface area contributed by atoms with E-state index in [2.05, 4.69) is 0 Å². The lowest BCUT2D eigenvalue weighted by Crippen LogP contribution is -2.29. The summed E-state index contributed by atoms with van der Waals surface area (Å²) in [5.74, 6) is -0.725. The Morgan fingerprint density at radius 1 is 0.897 bits per heavy atom. The van der Waals surface area contributed by atoms with Crippen molar-refractivity contribution < 1.29 is 19.4 Å². The highest BCUT2D eigenvalue weighted by molar-refractivity contribution is 6.51. The summed E-state index contributed by atoms with van der Waals surface area (Å²) in [7, 11) is 7.78. The fraction of sp³-hybridized carbons (Fsp3) is 0.312. The van der Waals surface area contributed by atoms with Crippen molar-refractivity contribution in [2.24, 2.45) is 0 Å². The molecule has 1 aliphatic rings. The summed E-state index contributed by atoms with van der Waals surface area (Å²) in [5.41, 5.74) is 4.72. The first-order chi connectivity index (χ1) is 18.5. The van der Waals surface area contributed by atoms with Gasteiger partial charge < -0.3 is 19.6 Å². The molecule has 0 radical (unpaired) electrons. The van der Waals surface area contributed by atoms with Crippen molar-refractivity contribution in [2.45, 2.75) is 32.7 Å². The molecular formula is C32H37N3O4. The second kappa shape index (κ2) is 11.2. The standard InChI is InChI=1S/C32H37N3O4/c1-8-39-27-18-11-22(19-26(27)20(2)3)30(36)28-29(21-9-12-23(13-10-21)33(4)5)35(32(38)31(28)37)25-16-14-24(15-17-25)34(6)7/h9-20,29,36H,8H2,1-7H3/b30-28-. The van der Waals surface area contributed by atoms with Crippen molar-refractivity contribution in [2.75, 3.05) is 49.5 Å². The Labute approximate surface area is 230 Å². The molecule has 3 aromatic carbocycles. The number of rotatable bonds is 8. The molecule has 1 aliphatic heterocycles. The van der Waals surface area contributed by atoms with Crippen LogP contribution in [0.4, 0.5) is 17.1 Å². The van der Waals surface area contributed by atoms with E-state index >= 15 is 0 Å². The van der Waals surface area contributed by atoms with Crippen LogP contribution in [-0.4, -0.2) is 51.6 Å². The molecule has 1 atom stereocenters. The minimum absolute atomic E-state index is 0.0631. The van der Waals surface area contributed by atoms with E-state index in [9.17, 15) is 14.7 Å². The summed E-state index contributed by atoms with van der Waals surface area (Å²) in [5, 5.41) is 11.6.